The molecule has 1 amide bonds. The van der Waals surface area contributed by atoms with Gasteiger partial charge in [-0.3, -0.25) is 14.7 Å². The van der Waals surface area contributed by atoms with Crippen molar-refractivity contribution in [2.24, 2.45) is 10.9 Å². The molecule has 2 aliphatic rings. The summed E-state index contributed by atoms with van der Waals surface area (Å²) in [6, 6.07) is 4.23. The van der Waals surface area contributed by atoms with Crippen LogP contribution in [0.25, 0.3) is 0 Å². The summed E-state index contributed by atoms with van der Waals surface area (Å²) in [6.45, 7) is 7.79. The molecule has 3 heterocycles. The van der Waals surface area contributed by atoms with Crippen LogP contribution < -0.4 is 10.6 Å². The van der Waals surface area contributed by atoms with E-state index in [1.165, 1.54) is 12.8 Å². The van der Waals surface area contributed by atoms with Gasteiger partial charge in [0.2, 0.25) is 5.91 Å². The Morgan fingerprint density at radius 2 is 2.00 bits per heavy atom. The highest BCUT2D eigenvalue weighted by Crippen LogP contribution is 2.26. The number of piperidine rings is 1. The molecule has 2 aliphatic heterocycles. The van der Waals surface area contributed by atoms with E-state index >= 15 is 0 Å². The van der Waals surface area contributed by atoms with Crippen LogP contribution in [0.2, 0.25) is 0 Å². The fourth-order valence-electron chi connectivity index (χ4n) is 4.23. The van der Waals surface area contributed by atoms with Crippen LogP contribution in [-0.4, -0.2) is 68.0 Å². The molecule has 2 N–H and O–H groups in total. The van der Waals surface area contributed by atoms with Gasteiger partial charge in [0, 0.05) is 33.1 Å². The minimum absolute atomic E-state index is 0. The molecule has 8 heteroatoms. The molecule has 1 unspecified atom stereocenters. The van der Waals surface area contributed by atoms with E-state index in [9.17, 15) is 4.79 Å². The highest BCUT2D eigenvalue weighted by atomic mass is 127. The third-order valence-corrected chi connectivity index (χ3v) is 5.87. The second-order valence-corrected chi connectivity index (χ2v) is 7.78. The first-order valence-electron chi connectivity index (χ1n) is 10.7. The summed E-state index contributed by atoms with van der Waals surface area (Å²) in [6.07, 6.45) is 6.95. The van der Waals surface area contributed by atoms with E-state index in [0.29, 0.717) is 18.9 Å². The van der Waals surface area contributed by atoms with Crippen molar-refractivity contribution in [3.63, 3.8) is 0 Å². The van der Waals surface area contributed by atoms with Crippen LogP contribution in [0.1, 0.15) is 50.8 Å². The van der Waals surface area contributed by atoms with Gasteiger partial charge in [-0.15, -0.1) is 24.0 Å². The number of likely N-dealkylation sites (tertiary alicyclic amines) is 2. The van der Waals surface area contributed by atoms with Gasteiger partial charge < -0.3 is 20.0 Å². The number of nitrogens with zero attached hydrogens (tertiary/aromatic N) is 3. The summed E-state index contributed by atoms with van der Waals surface area (Å²) in [7, 11) is 1.71. The van der Waals surface area contributed by atoms with Crippen LogP contribution >= 0.6 is 24.0 Å². The molecule has 0 aromatic carbocycles. The van der Waals surface area contributed by atoms with Crippen molar-refractivity contribution in [3.05, 3.63) is 24.2 Å². The van der Waals surface area contributed by atoms with Crippen molar-refractivity contribution in [3.8, 4) is 0 Å². The summed E-state index contributed by atoms with van der Waals surface area (Å²) in [4.78, 5) is 21.5. The minimum Gasteiger partial charge on any atom is -0.468 e. The van der Waals surface area contributed by atoms with Gasteiger partial charge in [-0.2, -0.15) is 0 Å². The van der Waals surface area contributed by atoms with Crippen molar-refractivity contribution in [1.29, 1.82) is 0 Å². The molecule has 0 spiro atoms. The summed E-state index contributed by atoms with van der Waals surface area (Å²) < 4.78 is 5.72. The zero-order chi connectivity index (χ0) is 19.8. The van der Waals surface area contributed by atoms with E-state index in [1.807, 2.05) is 6.07 Å². The Morgan fingerprint density at radius 3 is 2.59 bits per heavy atom. The second-order valence-electron chi connectivity index (χ2n) is 7.78. The Labute approximate surface area is 191 Å². The van der Waals surface area contributed by atoms with Crippen molar-refractivity contribution in [2.75, 3.05) is 46.3 Å². The molecular formula is C21H36IN5O2. The predicted octanol–water partition coefficient (Wildman–Crippen LogP) is 2.85. The Hall–Kier alpha value is -1.29. The summed E-state index contributed by atoms with van der Waals surface area (Å²) in [5.41, 5.74) is 0. The first-order valence-corrected chi connectivity index (χ1v) is 10.7. The maximum absolute atomic E-state index is 11.6. The Bertz CT molecular complexity index is 623. The Kier molecular flexibility index (Phi) is 10.3. The number of aliphatic imine (C=N–C) groups is 1. The minimum atomic E-state index is 0. The lowest BCUT2D eigenvalue weighted by Gasteiger charge is -2.34. The normalized spacial score (nSPS) is 19.7. The molecule has 2 fully saturated rings. The zero-order valence-electron chi connectivity index (χ0n) is 17.7. The molecule has 2 saturated heterocycles. The number of rotatable bonds is 7. The summed E-state index contributed by atoms with van der Waals surface area (Å²) >= 11 is 0. The fraction of sp³-hybridized carbons (Fsp3) is 0.714. The van der Waals surface area contributed by atoms with Gasteiger partial charge >= 0.3 is 0 Å². The summed E-state index contributed by atoms with van der Waals surface area (Å²) in [5, 5.41) is 6.20. The number of guanidine groups is 1. The molecule has 0 radical (unpaired) electrons. The number of carbonyl (C=O) groups is 1. The molecule has 0 aliphatic carbocycles. The van der Waals surface area contributed by atoms with Gasteiger partial charge in [0.1, 0.15) is 5.76 Å². The van der Waals surface area contributed by atoms with E-state index in [-0.39, 0.29) is 35.9 Å². The van der Waals surface area contributed by atoms with E-state index in [1.54, 1.807) is 13.3 Å². The van der Waals surface area contributed by atoms with Gasteiger partial charge in [0.25, 0.3) is 0 Å². The molecule has 1 atom stereocenters. The average Bonchev–Trinajstić information content (AvgIpc) is 3.43. The van der Waals surface area contributed by atoms with Crippen LogP contribution in [0, 0.1) is 5.92 Å². The van der Waals surface area contributed by atoms with Crippen LogP contribution in [0.15, 0.2) is 27.8 Å². The van der Waals surface area contributed by atoms with Crippen molar-refractivity contribution >= 4 is 35.8 Å². The number of furan rings is 1. The first-order chi connectivity index (χ1) is 13.7. The molecule has 1 aromatic rings. The van der Waals surface area contributed by atoms with E-state index in [0.717, 1.165) is 57.3 Å². The van der Waals surface area contributed by atoms with Crippen LogP contribution in [0.5, 0.6) is 0 Å². The number of nitrogens with one attached hydrogen (secondary N) is 2. The largest absolute Gasteiger partial charge is 0.468 e. The highest BCUT2D eigenvalue weighted by molar-refractivity contribution is 14.0. The predicted molar refractivity (Wildman–Crippen MR) is 127 cm³/mol. The number of halogens is 1. The SMILES string of the molecule is CCNC(=NCC(c1ccco1)N1CCCC1)N1CCC(CC(=O)NC)CC1.I. The highest BCUT2D eigenvalue weighted by Gasteiger charge is 2.27. The lowest BCUT2D eigenvalue weighted by Crippen LogP contribution is -2.46. The quantitative estimate of drug-likeness (QED) is 0.331. The molecular weight excluding hydrogens is 481 g/mol. The molecule has 7 nitrogen and oxygen atoms in total. The average molecular weight is 517 g/mol. The maximum atomic E-state index is 11.6. The first kappa shape index (κ1) is 24.0. The van der Waals surface area contributed by atoms with E-state index < -0.39 is 0 Å². The lowest BCUT2D eigenvalue weighted by atomic mass is 9.93. The molecule has 29 heavy (non-hydrogen) atoms. The van der Waals surface area contributed by atoms with Gasteiger partial charge in [-0.25, -0.2) is 0 Å². The summed E-state index contributed by atoms with van der Waals surface area (Å²) in [5.74, 6) is 2.60. The van der Waals surface area contributed by atoms with E-state index in [2.05, 4.69) is 33.4 Å². The molecule has 3 rings (SSSR count). The van der Waals surface area contributed by atoms with Crippen LogP contribution in [0.3, 0.4) is 0 Å². The standard InChI is InChI=1S/C21H35N5O2.HI/c1-3-23-21(26-12-8-17(9-13-26)15-20(27)22-2)24-16-18(19-7-6-14-28-19)25-10-4-5-11-25;/h6-7,14,17-18H,3-5,8-13,15-16H2,1-2H3,(H,22,27)(H,23,24);1H. The van der Waals surface area contributed by atoms with Crippen LogP contribution in [0.4, 0.5) is 0 Å². The smallest absolute Gasteiger partial charge is 0.220 e. The second kappa shape index (κ2) is 12.4. The van der Waals surface area contributed by atoms with Crippen molar-refractivity contribution in [2.45, 2.75) is 45.1 Å². The topological polar surface area (TPSA) is 73.1 Å². The number of amides is 1. The zero-order valence-corrected chi connectivity index (χ0v) is 20.1. The van der Waals surface area contributed by atoms with Gasteiger partial charge in [-0.05, 0) is 63.7 Å². The third kappa shape index (κ3) is 6.87. The van der Waals surface area contributed by atoms with Gasteiger partial charge in [-0.1, -0.05) is 0 Å². The van der Waals surface area contributed by atoms with E-state index in [4.69, 9.17) is 9.41 Å². The number of carbonyl (C=O) groups excluding carboxylic acids is 1. The molecule has 1 aromatic heterocycles. The van der Waals surface area contributed by atoms with Gasteiger partial charge in [0.15, 0.2) is 5.96 Å². The third-order valence-electron chi connectivity index (χ3n) is 5.87. The number of hydrogen-bond donors (Lipinski definition) is 2. The van der Waals surface area contributed by atoms with Crippen LogP contribution in [-0.2, 0) is 4.79 Å². The fourth-order valence-corrected chi connectivity index (χ4v) is 4.23. The molecule has 164 valence electrons. The Balaban J connectivity index is 0.00000300. The van der Waals surface area contributed by atoms with Crippen molar-refractivity contribution in [1.82, 2.24) is 20.4 Å². The molecule has 0 saturated carbocycles. The monoisotopic (exact) mass is 517 g/mol. The Morgan fingerprint density at radius 1 is 1.28 bits per heavy atom. The number of hydrogen-bond acceptors (Lipinski definition) is 4. The molecule has 0 bridgehead atoms. The lowest BCUT2D eigenvalue weighted by molar-refractivity contribution is -0.121. The van der Waals surface area contributed by atoms with Gasteiger partial charge in [0.05, 0.1) is 18.8 Å². The maximum Gasteiger partial charge on any atom is 0.220 e. The van der Waals surface area contributed by atoms with Crippen molar-refractivity contribution < 1.29 is 9.21 Å².